The summed E-state index contributed by atoms with van der Waals surface area (Å²) in [5, 5.41) is 1.09. The Hall–Kier alpha value is -1.43. The highest BCUT2D eigenvalue weighted by Crippen LogP contribution is 2.33. The Morgan fingerprint density at radius 2 is 2.21 bits per heavy atom. The average molecular weight is 276 g/mol. The van der Waals surface area contributed by atoms with Gasteiger partial charge in [-0.3, -0.25) is 10.2 Å². The topological polar surface area (TPSA) is 64.3 Å². The molecule has 1 aromatic carbocycles. The molecule has 4 nitrogen and oxygen atoms in total. The molecule has 2 aromatic rings. The van der Waals surface area contributed by atoms with Crippen LogP contribution in [0, 0.1) is 0 Å². The van der Waals surface area contributed by atoms with Crippen LogP contribution in [0.1, 0.15) is 34.5 Å². The predicted molar refractivity (Wildman–Crippen MR) is 75.9 cm³/mol. The number of benzene rings is 1. The summed E-state index contributed by atoms with van der Waals surface area (Å²) in [6.07, 6.45) is 3.85. The number of hydrazine groups is 1. The number of fused-ring (bicyclic) bond motifs is 1. The Bertz CT molecular complexity index is 605. The van der Waals surface area contributed by atoms with Gasteiger partial charge in [0.05, 0.1) is 17.6 Å². The molecule has 1 aromatic heterocycles. The molecule has 0 aliphatic heterocycles. The minimum atomic E-state index is -0.242. The number of carbonyl (C=O) groups is 1. The number of carbonyl (C=O) groups excluding carboxylic acids is 1. The maximum absolute atomic E-state index is 11.9. The van der Waals surface area contributed by atoms with Gasteiger partial charge in [0.1, 0.15) is 0 Å². The summed E-state index contributed by atoms with van der Waals surface area (Å²) in [5.74, 6) is 5.01. The van der Waals surface area contributed by atoms with Crippen LogP contribution in [0.5, 0.6) is 0 Å². The first kappa shape index (κ1) is 12.6. The van der Waals surface area contributed by atoms with Gasteiger partial charge in [-0.15, -0.1) is 11.3 Å². The molecule has 0 atom stereocenters. The number of nitrogens with one attached hydrogen (secondary N) is 1. The first-order valence-electron chi connectivity index (χ1n) is 6.42. The minimum Gasteiger partial charge on any atom is -0.373 e. The zero-order valence-electron chi connectivity index (χ0n) is 10.5. The van der Waals surface area contributed by atoms with Crippen molar-refractivity contribution in [3.63, 3.8) is 0 Å². The van der Waals surface area contributed by atoms with Crippen molar-refractivity contribution in [2.75, 3.05) is 0 Å². The highest BCUT2D eigenvalue weighted by Gasteiger charge is 2.22. The van der Waals surface area contributed by atoms with Crippen molar-refractivity contribution in [1.82, 2.24) is 5.43 Å². The lowest BCUT2D eigenvalue weighted by Gasteiger charge is -2.25. The summed E-state index contributed by atoms with van der Waals surface area (Å²) >= 11 is 1.46. The number of nitrogen functional groups attached to an aromatic ring is 1. The number of hydrogen-bond acceptors (Lipinski definition) is 4. The van der Waals surface area contributed by atoms with Crippen LogP contribution < -0.4 is 11.3 Å². The Balaban J connectivity index is 1.94. The standard InChI is InChI=1S/C14H16N2O2S/c15-16-14(17)13-11(8-18-9-4-3-5-9)10-6-1-2-7-12(10)19-13/h1-2,6-7,9H,3-5,8,15H2,(H,16,17). The van der Waals surface area contributed by atoms with Gasteiger partial charge in [0.15, 0.2) is 0 Å². The number of hydrogen-bond donors (Lipinski definition) is 2. The van der Waals surface area contributed by atoms with Crippen LogP contribution in [-0.2, 0) is 11.3 Å². The average Bonchev–Trinajstić information content (AvgIpc) is 2.75. The van der Waals surface area contributed by atoms with Crippen LogP contribution in [0.3, 0.4) is 0 Å². The van der Waals surface area contributed by atoms with Gasteiger partial charge in [-0.2, -0.15) is 0 Å². The number of amides is 1. The van der Waals surface area contributed by atoms with Crippen molar-refractivity contribution < 1.29 is 9.53 Å². The third-order valence-corrected chi connectivity index (χ3v) is 4.76. The van der Waals surface area contributed by atoms with Crippen molar-refractivity contribution in [3.05, 3.63) is 34.7 Å². The molecular formula is C14H16N2O2S. The van der Waals surface area contributed by atoms with E-state index in [0.29, 0.717) is 17.6 Å². The fraction of sp³-hybridized carbons (Fsp3) is 0.357. The number of thiophene rings is 1. The molecule has 0 bridgehead atoms. The Morgan fingerprint density at radius 1 is 1.42 bits per heavy atom. The second-order valence-corrected chi connectivity index (χ2v) is 5.80. The van der Waals surface area contributed by atoms with E-state index in [-0.39, 0.29) is 5.91 Å². The minimum absolute atomic E-state index is 0.242. The summed E-state index contributed by atoms with van der Waals surface area (Å²) in [5.41, 5.74) is 3.17. The molecule has 0 spiro atoms. The van der Waals surface area contributed by atoms with E-state index in [0.717, 1.165) is 28.5 Å². The number of rotatable bonds is 4. The molecule has 1 saturated carbocycles. The molecule has 1 aliphatic rings. The van der Waals surface area contributed by atoms with Crippen LogP contribution in [-0.4, -0.2) is 12.0 Å². The molecule has 100 valence electrons. The lowest BCUT2D eigenvalue weighted by Crippen LogP contribution is -2.30. The van der Waals surface area contributed by atoms with Crippen molar-refractivity contribution in [1.29, 1.82) is 0 Å². The second kappa shape index (κ2) is 5.28. The number of ether oxygens (including phenoxy) is 1. The SMILES string of the molecule is NNC(=O)c1sc2ccccc2c1COC1CCC1. The van der Waals surface area contributed by atoms with Crippen LogP contribution in [0.4, 0.5) is 0 Å². The second-order valence-electron chi connectivity index (χ2n) is 4.74. The van der Waals surface area contributed by atoms with E-state index >= 15 is 0 Å². The number of nitrogens with two attached hydrogens (primary N) is 1. The molecule has 5 heteroatoms. The normalized spacial score (nSPS) is 15.4. The molecule has 1 amide bonds. The van der Waals surface area contributed by atoms with E-state index in [1.165, 1.54) is 17.8 Å². The summed E-state index contributed by atoms with van der Waals surface area (Å²) < 4.78 is 6.94. The van der Waals surface area contributed by atoms with E-state index < -0.39 is 0 Å². The quantitative estimate of drug-likeness (QED) is 0.512. The highest BCUT2D eigenvalue weighted by molar-refractivity contribution is 7.21. The van der Waals surface area contributed by atoms with Crippen LogP contribution >= 0.6 is 11.3 Å². The van der Waals surface area contributed by atoms with E-state index in [1.807, 2.05) is 24.3 Å². The first-order chi connectivity index (χ1) is 9.29. The van der Waals surface area contributed by atoms with Crippen molar-refractivity contribution in [3.8, 4) is 0 Å². The maximum atomic E-state index is 11.9. The van der Waals surface area contributed by atoms with Crippen molar-refractivity contribution in [2.45, 2.75) is 32.0 Å². The monoisotopic (exact) mass is 276 g/mol. The van der Waals surface area contributed by atoms with Gasteiger partial charge < -0.3 is 4.74 Å². The molecule has 1 fully saturated rings. The van der Waals surface area contributed by atoms with Gasteiger partial charge in [0.25, 0.3) is 5.91 Å². The van der Waals surface area contributed by atoms with E-state index in [1.54, 1.807) is 0 Å². The zero-order valence-corrected chi connectivity index (χ0v) is 11.3. The van der Waals surface area contributed by atoms with Gasteiger partial charge in [-0.25, -0.2) is 5.84 Å². The summed E-state index contributed by atoms with van der Waals surface area (Å²) in [7, 11) is 0. The summed E-state index contributed by atoms with van der Waals surface area (Å²) in [6.45, 7) is 0.484. The maximum Gasteiger partial charge on any atom is 0.275 e. The van der Waals surface area contributed by atoms with E-state index in [4.69, 9.17) is 10.6 Å². The van der Waals surface area contributed by atoms with Gasteiger partial charge >= 0.3 is 0 Å². The third-order valence-electron chi connectivity index (χ3n) is 3.55. The van der Waals surface area contributed by atoms with Crippen molar-refractivity contribution in [2.24, 2.45) is 5.84 Å². The molecule has 3 rings (SSSR count). The lowest BCUT2D eigenvalue weighted by molar-refractivity contribution is -0.00828. The fourth-order valence-electron chi connectivity index (χ4n) is 2.23. The van der Waals surface area contributed by atoms with E-state index in [9.17, 15) is 4.79 Å². The van der Waals surface area contributed by atoms with E-state index in [2.05, 4.69) is 5.43 Å². The molecule has 0 unspecified atom stereocenters. The molecule has 1 heterocycles. The lowest BCUT2D eigenvalue weighted by atomic mass is 9.96. The Kier molecular flexibility index (Phi) is 3.50. The molecular weight excluding hydrogens is 260 g/mol. The van der Waals surface area contributed by atoms with Gasteiger partial charge in [0.2, 0.25) is 0 Å². The van der Waals surface area contributed by atoms with Gasteiger partial charge in [0, 0.05) is 10.3 Å². The summed E-state index contributed by atoms with van der Waals surface area (Å²) in [6, 6.07) is 7.99. The van der Waals surface area contributed by atoms with Crippen LogP contribution in [0.2, 0.25) is 0 Å². The smallest absolute Gasteiger partial charge is 0.275 e. The Morgan fingerprint density at radius 3 is 2.89 bits per heavy atom. The third kappa shape index (κ3) is 2.36. The molecule has 19 heavy (non-hydrogen) atoms. The Labute approximate surface area is 115 Å². The summed E-state index contributed by atoms with van der Waals surface area (Å²) in [4.78, 5) is 12.5. The van der Waals surface area contributed by atoms with Crippen LogP contribution in [0.15, 0.2) is 24.3 Å². The predicted octanol–water partition coefficient (Wildman–Crippen LogP) is 2.57. The first-order valence-corrected chi connectivity index (χ1v) is 7.24. The van der Waals surface area contributed by atoms with Gasteiger partial charge in [-0.05, 0) is 30.7 Å². The molecule has 1 aliphatic carbocycles. The molecule has 0 radical (unpaired) electrons. The van der Waals surface area contributed by atoms with Crippen molar-refractivity contribution >= 4 is 27.3 Å². The van der Waals surface area contributed by atoms with Gasteiger partial charge in [-0.1, -0.05) is 18.2 Å². The zero-order chi connectivity index (χ0) is 13.2. The fourth-order valence-corrected chi connectivity index (χ4v) is 3.34. The highest BCUT2D eigenvalue weighted by atomic mass is 32.1. The molecule has 0 saturated heterocycles. The van der Waals surface area contributed by atoms with Crippen LogP contribution in [0.25, 0.3) is 10.1 Å². The molecule has 3 N–H and O–H groups in total. The largest absolute Gasteiger partial charge is 0.373 e.